The molecule has 1 aromatic heterocycles. The zero-order valence-electron chi connectivity index (χ0n) is 10.4. The van der Waals surface area contributed by atoms with Crippen molar-refractivity contribution in [1.82, 2.24) is 14.9 Å². The molecule has 0 spiro atoms. The number of nitrogens with two attached hydrogens (primary N) is 1. The molecule has 2 rings (SSSR count). The number of nitrogen functional groups attached to an aromatic ring is 1. The fourth-order valence-electron chi connectivity index (χ4n) is 2.07. The van der Waals surface area contributed by atoms with E-state index in [9.17, 15) is 0 Å². The number of hydrazine groups is 1. The van der Waals surface area contributed by atoms with Crippen molar-refractivity contribution in [3.8, 4) is 0 Å². The van der Waals surface area contributed by atoms with Crippen LogP contribution in [0.15, 0.2) is 6.07 Å². The SMILES string of the molecule is Cc1cc(NC2CCN(C)CC2)nc(NN)n1. The molecule has 0 aliphatic carbocycles. The van der Waals surface area contributed by atoms with Crippen LogP contribution in [0.4, 0.5) is 11.8 Å². The Morgan fingerprint density at radius 1 is 1.35 bits per heavy atom. The normalized spacial score (nSPS) is 18.1. The summed E-state index contributed by atoms with van der Waals surface area (Å²) in [5, 5.41) is 3.44. The first-order valence-corrected chi connectivity index (χ1v) is 5.95. The maximum Gasteiger partial charge on any atom is 0.239 e. The van der Waals surface area contributed by atoms with E-state index in [2.05, 4.69) is 32.7 Å². The van der Waals surface area contributed by atoms with E-state index in [0.717, 1.165) is 37.4 Å². The zero-order valence-corrected chi connectivity index (χ0v) is 10.4. The Morgan fingerprint density at radius 3 is 2.71 bits per heavy atom. The van der Waals surface area contributed by atoms with Crippen LogP contribution >= 0.6 is 0 Å². The summed E-state index contributed by atoms with van der Waals surface area (Å²) in [6.45, 7) is 4.19. The van der Waals surface area contributed by atoms with E-state index in [1.165, 1.54) is 0 Å². The van der Waals surface area contributed by atoms with Crippen LogP contribution in [0.2, 0.25) is 0 Å². The molecule has 17 heavy (non-hydrogen) atoms. The number of hydrogen-bond acceptors (Lipinski definition) is 6. The monoisotopic (exact) mass is 236 g/mol. The number of likely N-dealkylation sites (tertiary alicyclic amines) is 1. The summed E-state index contributed by atoms with van der Waals surface area (Å²) in [6.07, 6.45) is 2.29. The van der Waals surface area contributed by atoms with Crippen LogP contribution in [-0.4, -0.2) is 41.0 Å². The van der Waals surface area contributed by atoms with E-state index >= 15 is 0 Å². The summed E-state index contributed by atoms with van der Waals surface area (Å²) in [6, 6.07) is 2.44. The van der Waals surface area contributed by atoms with E-state index in [1.54, 1.807) is 0 Å². The lowest BCUT2D eigenvalue weighted by molar-refractivity contribution is 0.263. The van der Waals surface area contributed by atoms with Gasteiger partial charge in [-0.25, -0.2) is 10.8 Å². The van der Waals surface area contributed by atoms with Crippen LogP contribution in [0.5, 0.6) is 0 Å². The average molecular weight is 236 g/mol. The topological polar surface area (TPSA) is 79.1 Å². The molecule has 1 fully saturated rings. The third-order valence-electron chi connectivity index (χ3n) is 3.05. The second-order valence-corrected chi connectivity index (χ2v) is 4.58. The summed E-state index contributed by atoms with van der Waals surface area (Å²) in [7, 11) is 2.15. The third kappa shape index (κ3) is 3.28. The molecule has 1 saturated heterocycles. The van der Waals surface area contributed by atoms with Crippen LogP contribution < -0.4 is 16.6 Å². The molecule has 0 radical (unpaired) electrons. The van der Waals surface area contributed by atoms with Crippen molar-refractivity contribution in [3.05, 3.63) is 11.8 Å². The largest absolute Gasteiger partial charge is 0.367 e. The minimum Gasteiger partial charge on any atom is -0.367 e. The first-order chi connectivity index (χ1) is 8.17. The predicted octanol–water partition coefficient (Wildman–Crippen LogP) is 0.577. The molecule has 6 nitrogen and oxygen atoms in total. The minimum atomic E-state index is 0.459. The number of hydrogen-bond donors (Lipinski definition) is 3. The smallest absolute Gasteiger partial charge is 0.239 e. The maximum atomic E-state index is 5.33. The van der Waals surface area contributed by atoms with Gasteiger partial charge in [0, 0.05) is 17.8 Å². The molecule has 4 N–H and O–H groups in total. The Labute approximate surface area is 102 Å². The molecule has 0 aromatic carbocycles. The van der Waals surface area contributed by atoms with Gasteiger partial charge in [0.25, 0.3) is 0 Å². The van der Waals surface area contributed by atoms with Crippen molar-refractivity contribution < 1.29 is 0 Å². The average Bonchev–Trinajstić information content (AvgIpc) is 2.31. The van der Waals surface area contributed by atoms with Crippen LogP contribution in [0.1, 0.15) is 18.5 Å². The molecule has 6 heteroatoms. The standard InChI is InChI=1S/C11H20N6/c1-8-7-10(15-11(13-8)16-12)14-9-3-5-17(2)6-4-9/h7,9H,3-6,12H2,1-2H3,(H2,13,14,15,16). The van der Waals surface area contributed by atoms with Gasteiger partial charge >= 0.3 is 0 Å². The van der Waals surface area contributed by atoms with Crippen LogP contribution in [0.25, 0.3) is 0 Å². The lowest BCUT2D eigenvalue weighted by atomic mass is 10.1. The van der Waals surface area contributed by atoms with E-state index in [-0.39, 0.29) is 0 Å². The van der Waals surface area contributed by atoms with Gasteiger partial charge in [-0.1, -0.05) is 0 Å². The molecule has 0 saturated carbocycles. The molecule has 1 aliphatic rings. The molecular formula is C11H20N6. The van der Waals surface area contributed by atoms with Gasteiger partial charge in [0.1, 0.15) is 5.82 Å². The Balaban J connectivity index is 2.00. The summed E-state index contributed by atoms with van der Waals surface area (Å²) >= 11 is 0. The van der Waals surface area contributed by atoms with E-state index in [1.807, 2.05) is 13.0 Å². The third-order valence-corrected chi connectivity index (χ3v) is 3.05. The van der Waals surface area contributed by atoms with Gasteiger partial charge in [0.15, 0.2) is 0 Å². The number of nitrogens with one attached hydrogen (secondary N) is 2. The van der Waals surface area contributed by atoms with Gasteiger partial charge in [0.2, 0.25) is 5.95 Å². The van der Waals surface area contributed by atoms with Crippen molar-refractivity contribution in [1.29, 1.82) is 0 Å². The number of piperidine rings is 1. The summed E-state index contributed by atoms with van der Waals surface area (Å²) in [5.41, 5.74) is 3.39. The van der Waals surface area contributed by atoms with Crippen molar-refractivity contribution in [3.63, 3.8) is 0 Å². The highest BCUT2D eigenvalue weighted by Crippen LogP contribution is 2.15. The number of nitrogens with zero attached hydrogens (tertiary/aromatic N) is 3. The molecule has 0 unspecified atom stereocenters. The maximum absolute atomic E-state index is 5.33. The van der Waals surface area contributed by atoms with Crippen LogP contribution in [-0.2, 0) is 0 Å². The number of anilines is 2. The highest BCUT2D eigenvalue weighted by Gasteiger charge is 2.16. The first kappa shape index (κ1) is 12.1. The highest BCUT2D eigenvalue weighted by atomic mass is 15.3. The minimum absolute atomic E-state index is 0.459. The fourth-order valence-corrected chi connectivity index (χ4v) is 2.07. The summed E-state index contributed by atoms with van der Waals surface area (Å²) in [5.74, 6) is 6.64. The quantitative estimate of drug-likeness (QED) is 0.526. The number of rotatable bonds is 3. The molecule has 1 aliphatic heterocycles. The fraction of sp³-hybridized carbons (Fsp3) is 0.636. The highest BCUT2D eigenvalue weighted by molar-refractivity contribution is 5.42. The molecule has 0 amide bonds. The van der Waals surface area contributed by atoms with Gasteiger partial charge < -0.3 is 10.2 Å². The van der Waals surface area contributed by atoms with Crippen molar-refractivity contribution >= 4 is 11.8 Å². The van der Waals surface area contributed by atoms with Gasteiger partial charge in [-0.3, -0.25) is 5.43 Å². The van der Waals surface area contributed by atoms with Crippen molar-refractivity contribution in [2.75, 3.05) is 30.9 Å². The molecule has 94 valence electrons. The second kappa shape index (κ2) is 5.29. The predicted molar refractivity (Wildman–Crippen MR) is 68.7 cm³/mol. The molecule has 0 atom stereocenters. The second-order valence-electron chi connectivity index (χ2n) is 4.58. The van der Waals surface area contributed by atoms with E-state index in [4.69, 9.17) is 5.84 Å². The molecule has 1 aromatic rings. The van der Waals surface area contributed by atoms with E-state index in [0.29, 0.717) is 12.0 Å². The first-order valence-electron chi connectivity index (χ1n) is 5.95. The molecule has 0 bridgehead atoms. The molecular weight excluding hydrogens is 216 g/mol. The number of aromatic nitrogens is 2. The van der Waals surface area contributed by atoms with Crippen LogP contribution in [0, 0.1) is 6.92 Å². The Kier molecular flexibility index (Phi) is 3.75. The lowest BCUT2D eigenvalue weighted by Gasteiger charge is -2.29. The van der Waals surface area contributed by atoms with Crippen molar-refractivity contribution in [2.24, 2.45) is 5.84 Å². The Hall–Kier alpha value is -1.40. The Bertz CT molecular complexity index is 372. The van der Waals surface area contributed by atoms with Gasteiger partial charge in [-0.15, -0.1) is 0 Å². The number of aryl methyl sites for hydroxylation is 1. The van der Waals surface area contributed by atoms with Crippen LogP contribution in [0.3, 0.4) is 0 Å². The van der Waals surface area contributed by atoms with E-state index < -0.39 is 0 Å². The van der Waals surface area contributed by atoms with Gasteiger partial charge in [-0.2, -0.15) is 4.98 Å². The summed E-state index contributed by atoms with van der Waals surface area (Å²) in [4.78, 5) is 10.8. The van der Waals surface area contributed by atoms with Crippen molar-refractivity contribution in [2.45, 2.75) is 25.8 Å². The Morgan fingerprint density at radius 2 is 2.06 bits per heavy atom. The lowest BCUT2D eigenvalue weighted by Crippen LogP contribution is -2.37. The summed E-state index contributed by atoms with van der Waals surface area (Å²) < 4.78 is 0. The van der Waals surface area contributed by atoms with Gasteiger partial charge in [0.05, 0.1) is 0 Å². The zero-order chi connectivity index (χ0) is 12.3. The van der Waals surface area contributed by atoms with Gasteiger partial charge in [-0.05, 0) is 39.9 Å². The molecule has 2 heterocycles.